The van der Waals surface area contributed by atoms with Gasteiger partial charge < -0.3 is 9.47 Å². The predicted molar refractivity (Wildman–Crippen MR) is 146 cm³/mol. The van der Waals surface area contributed by atoms with E-state index in [-0.39, 0.29) is 47.8 Å². The van der Waals surface area contributed by atoms with Gasteiger partial charge in [-0.3, -0.25) is 10.6 Å². The van der Waals surface area contributed by atoms with Gasteiger partial charge in [-0.2, -0.15) is 0 Å². The van der Waals surface area contributed by atoms with Crippen LogP contribution in [0.1, 0.15) is 21.1 Å². The summed E-state index contributed by atoms with van der Waals surface area (Å²) in [7, 11) is -3.43. The predicted octanol–water partition coefficient (Wildman–Crippen LogP) is 4.09. The second-order valence-corrected chi connectivity index (χ2v) is 12.5. The maximum Gasteiger partial charge on any atom is 0.413 e. The molecule has 0 aliphatic rings. The molecule has 2 heterocycles. The maximum absolute atomic E-state index is 12.5. The van der Waals surface area contributed by atoms with Gasteiger partial charge >= 0.3 is 12.2 Å². The Morgan fingerprint density at radius 3 is 1.49 bits per heavy atom. The average molecular weight is 589 g/mol. The van der Waals surface area contributed by atoms with Gasteiger partial charge in [0.15, 0.2) is 9.84 Å². The van der Waals surface area contributed by atoms with Gasteiger partial charge in [0.05, 0.1) is 11.5 Å². The number of rotatable bonds is 12. The van der Waals surface area contributed by atoms with Crippen molar-refractivity contribution in [2.24, 2.45) is 0 Å². The Hall–Kier alpha value is -3.95. The zero-order valence-corrected chi connectivity index (χ0v) is 22.9. The lowest BCUT2D eigenvalue weighted by Crippen LogP contribution is -2.14. The van der Waals surface area contributed by atoms with Crippen molar-refractivity contribution in [1.82, 2.24) is 20.4 Å². The zero-order valence-electron chi connectivity index (χ0n) is 20.5. The van der Waals surface area contributed by atoms with E-state index in [0.717, 1.165) is 33.8 Å². The molecule has 2 amide bonds. The van der Waals surface area contributed by atoms with E-state index in [1.165, 1.54) is 0 Å². The standard InChI is InChI=1S/C24H24N6O6S3/c31-23(35-15-17-7-3-1-4-8-17)25-21-29-27-19(37-21)11-13-39(33,34)14-12-20-28-30-22(38-20)26-24(32)36-16-18-9-5-2-6-10-18/h1-10H,11-16H2,(H,25,29,31)(H,26,30,32). The molecule has 0 bridgehead atoms. The van der Waals surface area contributed by atoms with Crippen molar-refractivity contribution in [3.8, 4) is 0 Å². The third-order valence-corrected chi connectivity index (χ3v) is 8.48. The first-order chi connectivity index (χ1) is 18.8. The molecule has 0 aliphatic carbocycles. The highest BCUT2D eigenvalue weighted by Gasteiger charge is 2.17. The molecular formula is C24H24N6O6S3. The minimum atomic E-state index is -3.43. The minimum Gasteiger partial charge on any atom is -0.444 e. The van der Waals surface area contributed by atoms with Crippen LogP contribution in [0.3, 0.4) is 0 Å². The molecular weight excluding hydrogens is 565 g/mol. The Labute approximate surface area is 232 Å². The fourth-order valence-electron chi connectivity index (χ4n) is 3.09. The highest BCUT2D eigenvalue weighted by atomic mass is 32.2. The second-order valence-electron chi connectivity index (χ2n) is 8.03. The number of nitrogens with one attached hydrogen (secondary N) is 2. The molecule has 0 radical (unpaired) electrons. The number of anilines is 2. The summed E-state index contributed by atoms with van der Waals surface area (Å²) in [4.78, 5) is 23.9. The van der Waals surface area contributed by atoms with E-state index < -0.39 is 22.0 Å². The van der Waals surface area contributed by atoms with Gasteiger partial charge in [-0.25, -0.2) is 18.0 Å². The molecule has 2 aromatic carbocycles. The minimum absolute atomic E-state index is 0.112. The molecule has 0 saturated carbocycles. The first kappa shape index (κ1) is 28.1. The maximum atomic E-state index is 12.5. The number of aromatic nitrogens is 4. The number of carbonyl (C=O) groups is 2. The van der Waals surface area contributed by atoms with E-state index in [0.29, 0.717) is 10.0 Å². The third kappa shape index (κ3) is 9.70. The Bertz CT molecular complexity index is 1370. The van der Waals surface area contributed by atoms with Crippen molar-refractivity contribution in [2.75, 3.05) is 22.1 Å². The van der Waals surface area contributed by atoms with Gasteiger partial charge in [0.1, 0.15) is 23.2 Å². The van der Waals surface area contributed by atoms with E-state index >= 15 is 0 Å². The van der Waals surface area contributed by atoms with Crippen LogP contribution >= 0.6 is 22.7 Å². The number of sulfone groups is 1. The van der Waals surface area contributed by atoms with Crippen LogP contribution in [-0.2, 0) is 45.4 Å². The highest BCUT2D eigenvalue weighted by Crippen LogP contribution is 2.19. The summed E-state index contributed by atoms with van der Waals surface area (Å²) < 4.78 is 35.3. The van der Waals surface area contributed by atoms with Gasteiger partial charge in [0.2, 0.25) is 10.3 Å². The van der Waals surface area contributed by atoms with Crippen molar-refractivity contribution >= 4 is 55.0 Å². The Morgan fingerprint density at radius 1 is 0.667 bits per heavy atom. The molecule has 0 spiro atoms. The van der Waals surface area contributed by atoms with Crippen molar-refractivity contribution in [3.63, 3.8) is 0 Å². The molecule has 2 aromatic heterocycles. The van der Waals surface area contributed by atoms with Crippen LogP contribution in [0.4, 0.5) is 19.9 Å². The van der Waals surface area contributed by atoms with Gasteiger partial charge in [-0.05, 0) is 11.1 Å². The smallest absolute Gasteiger partial charge is 0.413 e. The number of benzene rings is 2. The number of carbonyl (C=O) groups excluding carboxylic acids is 2. The fourth-order valence-corrected chi connectivity index (χ4v) is 6.01. The van der Waals surface area contributed by atoms with Crippen LogP contribution < -0.4 is 10.6 Å². The first-order valence-electron chi connectivity index (χ1n) is 11.7. The molecule has 0 fully saturated rings. The Kier molecular flexibility index (Phi) is 9.88. The molecule has 15 heteroatoms. The summed E-state index contributed by atoms with van der Waals surface area (Å²) in [5.41, 5.74) is 1.69. The van der Waals surface area contributed by atoms with Gasteiger partial charge in [0, 0.05) is 12.8 Å². The van der Waals surface area contributed by atoms with Crippen LogP contribution in [0.15, 0.2) is 60.7 Å². The summed E-state index contributed by atoms with van der Waals surface area (Å²) in [5.74, 6) is -0.286. The van der Waals surface area contributed by atoms with Crippen molar-refractivity contribution in [1.29, 1.82) is 0 Å². The quantitative estimate of drug-likeness (QED) is 0.246. The van der Waals surface area contributed by atoms with Gasteiger partial charge in [0.25, 0.3) is 0 Å². The largest absolute Gasteiger partial charge is 0.444 e. The fraction of sp³-hybridized carbons (Fsp3) is 0.250. The zero-order chi connectivity index (χ0) is 27.5. The number of hydrogen-bond donors (Lipinski definition) is 2. The van der Waals surface area contributed by atoms with Crippen LogP contribution in [0, 0.1) is 0 Å². The van der Waals surface area contributed by atoms with Gasteiger partial charge in [-0.15, -0.1) is 20.4 Å². The summed E-state index contributed by atoms with van der Waals surface area (Å²) in [5, 5.41) is 21.9. The van der Waals surface area contributed by atoms with Crippen molar-refractivity contribution in [2.45, 2.75) is 26.1 Å². The van der Waals surface area contributed by atoms with Crippen LogP contribution in [0.5, 0.6) is 0 Å². The number of amides is 2. The molecule has 12 nitrogen and oxygen atoms in total. The molecule has 0 saturated heterocycles. The Morgan fingerprint density at radius 2 is 1.08 bits per heavy atom. The number of ether oxygens (including phenoxy) is 2. The van der Waals surface area contributed by atoms with Crippen LogP contribution in [0.25, 0.3) is 0 Å². The average Bonchev–Trinajstić information content (AvgIpc) is 3.59. The van der Waals surface area contributed by atoms with Crippen molar-refractivity contribution in [3.05, 3.63) is 81.8 Å². The third-order valence-electron chi connectivity index (χ3n) is 5.03. The summed E-state index contributed by atoms with van der Waals surface area (Å²) in [6.07, 6.45) is -1.05. The molecule has 0 unspecified atom stereocenters. The Balaban J connectivity index is 1.16. The highest BCUT2D eigenvalue weighted by molar-refractivity contribution is 7.91. The molecule has 4 rings (SSSR count). The first-order valence-corrected chi connectivity index (χ1v) is 15.1. The van der Waals surface area contributed by atoms with E-state index in [1.807, 2.05) is 60.7 Å². The number of aryl methyl sites for hydroxylation is 2. The monoisotopic (exact) mass is 588 g/mol. The van der Waals surface area contributed by atoms with E-state index in [9.17, 15) is 18.0 Å². The normalized spacial score (nSPS) is 11.1. The molecule has 0 atom stereocenters. The molecule has 0 aliphatic heterocycles. The molecule has 4 aromatic rings. The lowest BCUT2D eigenvalue weighted by Gasteiger charge is -2.04. The molecule has 39 heavy (non-hydrogen) atoms. The number of nitrogens with zero attached hydrogens (tertiary/aromatic N) is 4. The van der Waals surface area contributed by atoms with E-state index in [1.54, 1.807) is 0 Å². The van der Waals surface area contributed by atoms with E-state index in [4.69, 9.17) is 9.47 Å². The topological polar surface area (TPSA) is 162 Å². The lowest BCUT2D eigenvalue weighted by atomic mass is 10.2. The van der Waals surface area contributed by atoms with Crippen LogP contribution in [0.2, 0.25) is 0 Å². The second kappa shape index (κ2) is 13.7. The van der Waals surface area contributed by atoms with Crippen molar-refractivity contribution < 1.29 is 27.5 Å². The van der Waals surface area contributed by atoms with Gasteiger partial charge in [-0.1, -0.05) is 83.3 Å². The summed E-state index contributed by atoms with van der Waals surface area (Å²) in [6, 6.07) is 18.4. The summed E-state index contributed by atoms with van der Waals surface area (Å²) >= 11 is 2.16. The van der Waals surface area contributed by atoms with Crippen LogP contribution in [-0.4, -0.2) is 52.5 Å². The molecule has 2 N–H and O–H groups in total. The number of hydrogen-bond acceptors (Lipinski definition) is 12. The van der Waals surface area contributed by atoms with E-state index in [2.05, 4.69) is 31.0 Å². The summed E-state index contributed by atoms with van der Waals surface area (Å²) in [6.45, 7) is 0.224. The SMILES string of the molecule is O=C(Nc1nnc(CCS(=O)(=O)CCc2nnc(NC(=O)OCc3ccccc3)s2)s1)OCc1ccccc1. The lowest BCUT2D eigenvalue weighted by molar-refractivity contribution is 0.154. The molecule has 204 valence electrons.